The van der Waals surface area contributed by atoms with Gasteiger partial charge in [-0.1, -0.05) is 18.2 Å². The lowest BCUT2D eigenvalue weighted by Crippen LogP contribution is -2.77. The van der Waals surface area contributed by atoms with E-state index >= 15 is 0 Å². The van der Waals surface area contributed by atoms with E-state index in [9.17, 15) is 15.0 Å². The fraction of sp³-hybridized carbons (Fsp3) is 0.682. The fourth-order valence-corrected chi connectivity index (χ4v) is 6.59. The zero-order chi connectivity index (χ0) is 20.7. The SMILES string of the molecule is C[C@@]12C[C@H]3OC(O1)[C@]1(COC(=O)c4ccccc4)[C@H]3C[C@]21O[C@H]1CC(O)[C@@H](CO)O1. The Bertz CT molecular complexity index is 862. The Morgan fingerprint density at radius 3 is 2.77 bits per heavy atom. The van der Waals surface area contributed by atoms with Gasteiger partial charge in [0, 0.05) is 18.8 Å². The van der Waals surface area contributed by atoms with E-state index in [1.54, 1.807) is 24.3 Å². The van der Waals surface area contributed by atoms with E-state index in [0.717, 1.165) is 6.42 Å². The summed E-state index contributed by atoms with van der Waals surface area (Å²) in [7, 11) is 0. The summed E-state index contributed by atoms with van der Waals surface area (Å²) in [5, 5.41) is 19.5. The van der Waals surface area contributed by atoms with Crippen molar-refractivity contribution in [2.75, 3.05) is 13.2 Å². The number of aliphatic hydroxyl groups is 2. The minimum absolute atomic E-state index is 0.0647. The summed E-state index contributed by atoms with van der Waals surface area (Å²) in [5.41, 5.74) is -1.41. The van der Waals surface area contributed by atoms with Crippen molar-refractivity contribution in [3.63, 3.8) is 0 Å². The summed E-state index contributed by atoms with van der Waals surface area (Å²) in [6.45, 7) is 1.90. The molecule has 4 saturated heterocycles. The number of aliphatic hydroxyl groups excluding tert-OH is 2. The van der Waals surface area contributed by atoms with Crippen molar-refractivity contribution in [2.45, 2.75) is 68.3 Å². The summed E-state index contributed by atoms with van der Waals surface area (Å²) in [4.78, 5) is 12.6. The lowest BCUT2D eigenvalue weighted by atomic mass is 9.42. The molecule has 0 radical (unpaired) electrons. The molecule has 162 valence electrons. The Labute approximate surface area is 174 Å². The highest BCUT2D eigenvalue weighted by atomic mass is 16.8. The Morgan fingerprint density at radius 2 is 2.03 bits per heavy atom. The molecule has 2 N–H and O–H groups in total. The summed E-state index contributed by atoms with van der Waals surface area (Å²) in [6.07, 6.45) is -0.804. The van der Waals surface area contributed by atoms with Crippen LogP contribution in [0.25, 0.3) is 0 Å². The molecule has 7 aliphatic rings. The molecule has 1 aromatic rings. The first-order valence-corrected chi connectivity index (χ1v) is 10.6. The van der Waals surface area contributed by atoms with Crippen LogP contribution < -0.4 is 0 Å². The van der Waals surface area contributed by atoms with Crippen LogP contribution in [0.15, 0.2) is 30.3 Å². The predicted octanol–water partition coefficient (Wildman–Crippen LogP) is 0.991. The molecule has 0 amide bonds. The molecule has 30 heavy (non-hydrogen) atoms. The standard InChI is InChI=1S/C22H26O8/c1-20-9-15-13-8-22(20,29-17-7-14(24)16(10-23)27-17)21(13,19(28-15)30-20)11-26-18(25)12-5-3-2-4-6-12/h2-6,13-17,19,23-24H,7-11H2,1H3/t13-,14?,15+,16+,17-,19?,20-,21-,22-/m0/s1. The van der Waals surface area contributed by atoms with Gasteiger partial charge >= 0.3 is 5.97 Å². The Balaban J connectivity index is 1.28. The largest absolute Gasteiger partial charge is 0.461 e. The first-order valence-electron chi connectivity index (χ1n) is 10.6. The molecule has 8 nitrogen and oxygen atoms in total. The van der Waals surface area contributed by atoms with Gasteiger partial charge in [-0.2, -0.15) is 0 Å². The molecule has 4 heterocycles. The lowest BCUT2D eigenvalue weighted by molar-refractivity contribution is -0.347. The average molecular weight is 418 g/mol. The first kappa shape index (κ1) is 19.2. The van der Waals surface area contributed by atoms with Gasteiger partial charge in [0.15, 0.2) is 12.6 Å². The maximum atomic E-state index is 12.6. The van der Waals surface area contributed by atoms with Gasteiger partial charge in [0.05, 0.1) is 29.8 Å². The normalized spacial score (nSPS) is 50.0. The number of hydrogen-bond donors (Lipinski definition) is 2. The quantitative estimate of drug-likeness (QED) is 0.660. The average Bonchev–Trinajstić information content (AvgIpc) is 3.20. The van der Waals surface area contributed by atoms with Crippen LogP contribution in [-0.2, 0) is 23.7 Å². The van der Waals surface area contributed by atoms with Crippen LogP contribution in [0.4, 0.5) is 0 Å². The monoisotopic (exact) mass is 418 g/mol. The van der Waals surface area contributed by atoms with E-state index in [-0.39, 0.29) is 37.6 Å². The molecule has 7 fully saturated rings. The van der Waals surface area contributed by atoms with E-state index in [1.807, 2.05) is 13.0 Å². The zero-order valence-electron chi connectivity index (χ0n) is 16.7. The molecule has 1 aromatic carbocycles. The Morgan fingerprint density at radius 1 is 1.23 bits per heavy atom. The highest BCUT2D eigenvalue weighted by Crippen LogP contribution is 2.79. The van der Waals surface area contributed by atoms with Gasteiger partial charge in [-0.05, 0) is 25.5 Å². The molecule has 4 aliphatic heterocycles. The van der Waals surface area contributed by atoms with E-state index in [2.05, 4.69) is 0 Å². The summed E-state index contributed by atoms with van der Waals surface area (Å²) < 4.78 is 30.5. The third-order valence-electron chi connectivity index (χ3n) is 8.05. The van der Waals surface area contributed by atoms with Gasteiger partial charge in [0.2, 0.25) is 0 Å². The lowest BCUT2D eigenvalue weighted by Gasteiger charge is -2.65. The smallest absolute Gasteiger partial charge is 0.338 e. The van der Waals surface area contributed by atoms with Crippen molar-refractivity contribution in [3.05, 3.63) is 35.9 Å². The van der Waals surface area contributed by atoms with Gasteiger partial charge in [-0.3, -0.25) is 0 Å². The molecule has 3 saturated carbocycles. The van der Waals surface area contributed by atoms with Crippen LogP contribution in [0.3, 0.4) is 0 Å². The molecule has 6 bridgehead atoms. The molecule has 8 heteroatoms. The maximum Gasteiger partial charge on any atom is 0.338 e. The minimum atomic E-state index is -0.779. The van der Waals surface area contributed by atoms with Gasteiger partial charge in [0.25, 0.3) is 0 Å². The van der Waals surface area contributed by atoms with Crippen LogP contribution in [0.2, 0.25) is 0 Å². The van der Waals surface area contributed by atoms with Crippen molar-refractivity contribution in [3.8, 4) is 0 Å². The number of carbonyl (C=O) groups is 1. The molecule has 8 rings (SSSR count). The summed E-state index contributed by atoms with van der Waals surface area (Å²) >= 11 is 0. The van der Waals surface area contributed by atoms with E-state index in [1.165, 1.54) is 0 Å². The molecular formula is C22H26O8. The maximum absolute atomic E-state index is 12.6. The molecule has 0 aromatic heterocycles. The van der Waals surface area contributed by atoms with Gasteiger partial charge < -0.3 is 33.9 Å². The topological polar surface area (TPSA) is 104 Å². The second-order valence-corrected chi connectivity index (χ2v) is 9.39. The fourth-order valence-electron chi connectivity index (χ4n) is 6.59. The number of ether oxygens (including phenoxy) is 5. The predicted molar refractivity (Wildman–Crippen MR) is 100 cm³/mol. The third kappa shape index (κ3) is 2.19. The first-order chi connectivity index (χ1) is 14.4. The van der Waals surface area contributed by atoms with Gasteiger partial charge in [-0.15, -0.1) is 0 Å². The number of benzene rings is 1. The molecular weight excluding hydrogens is 392 g/mol. The van der Waals surface area contributed by atoms with Crippen LogP contribution >= 0.6 is 0 Å². The Hall–Kier alpha value is -1.55. The molecule has 2 unspecified atom stereocenters. The number of hydrogen-bond acceptors (Lipinski definition) is 8. The van der Waals surface area contributed by atoms with Crippen LogP contribution in [0.1, 0.15) is 36.5 Å². The van der Waals surface area contributed by atoms with Crippen LogP contribution in [0, 0.1) is 11.3 Å². The number of rotatable bonds is 6. The summed E-state index contributed by atoms with van der Waals surface area (Å²) in [5.74, 6) is -0.203. The second kappa shape index (κ2) is 6.25. The second-order valence-electron chi connectivity index (χ2n) is 9.39. The van der Waals surface area contributed by atoms with E-state index < -0.39 is 41.4 Å². The van der Waals surface area contributed by atoms with Crippen LogP contribution in [0.5, 0.6) is 0 Å². The van der Waals surface area contributed by atoms with Crippen LogP contribution in [-0.4, -0.2) is 71.5 Å². The van der Waals surface area contributed by atoms with Crippen molar-refractivity contribution in [1.29, 1.82) is 0 Å². The van der Waals surface area contributed by atoms with Gasteiger partial charge in [-0.25, -0.2) is 4.79 Å². The van der Waals surface area contributed by atoms with Crippen molar-refractivity contribution < 1.29 is 38.7 Å². The molecule has 3 aliphatic carbocycles. The van der Waals surface area contributed by atoms with E-state index in [0.29, 0.717) is 12.0 Å². The number of carbonyl (C=O) groups excluding carboxylic acids is 1. The summed E-state index contributed by atoms with van der Waals surface area (Å²) in [6, 6.07) is 8.90. The number of esters is 1. The molecule has 0 spiro atoms. The van der Waals surface area contributed by atoms with Crippen molar-refractivity contribution in [1.82, 2.24) is 0 Å². The van der Waals surface area contributed by atoms with Crippen molar-refractivity contribution >= 4 is 5.97 Å². The van der Waals surface area contributed by atoms with E-state index in [4.69, 9.17) is 23.7 Å². The highest BCUT2D eigenvalue weighted by molar-refractivity contribution is 5.89. The van der Waals surface area contributed by atoms with Gasteiger partial charge in [0.1, 0.15) is 23.9 Å². The molecule has 9 atom stereocenters. The Kier molecular flexibility index (Phi) is 3.99. The zero-order valence-corrected chi connectivity index (χ0v) is 16.7. The van der Waals surface area contributed by atoms with Crippen molar-refractivity contribution in [2.24, 2.45) is 11.3 Å². The third-order valence-corrected chi connectivity index (χ3v) is 8.05. The highest BCUT2D eigenvalue weighted by Gasteiger charge is 2.91. The minimum Gasteiger partial charge on any atom is -0.461 e.